The van der Waals surface area contributed by atoms with Crippen molar-refractivity contribution in [3.05, 3.63) is 0 Å². The molecular weight excluding hydrogens is 423 g/mol. The van der Waals surface area contributed by atoms with Crippen molar-refractivity contribution < 1.29 is 14.4 Å². The first kappa shape index (κ1) is 15.7. The first-order chi connectivity index (χ1) is 7.60. The Morgan fingerprint density at radius 2 is 1.50 bits per heavy atom. The Balaban J connectivity index is 3.59. The molecule has 0 aromatic carbocycles. The zero-order chi connectivity index (χ0) is 12.4. The Morgan fingerprint density at radius 1 is 1.00 bits per heavy atom. The quantitative estimate of drug-likeness (QED) is 0.410. The molecule has 0 aliphatic carbocycles. The zero-order valence-corrected chi connectivity index (χ0v) is 14.3. The molecule has 0 aromatic heterocycles. The monoisotopic (exact) mass is 437 g/mol. The van der Waals surface area contributed by atoms with Crippen molar-refractivity contribution in [2.45, 2.75) is 6.92 Å². The van der Waals surface area contributed by atoms with Crippen molar-refractivity contribution in [2.75, 3.05) is 25.4 Å². The van der Waals surface area contributed by atoms with Gasteiger partial charge in [0.2, 0.25) is 0 Å². The summed E-state index contributed by atoms with van der Waals surface area (Å²) in [5, 5.41) is 7.41. The summed E-state index contributed by atoms with van der Waals surface area (Å²) in [4.78, 5) is 33.2. The minimum atomic E-state index is -0.361. The third-order valence-corrected chi connectivity index (χ3v) is 3.85. The van der Waals surface area contributed by atoms with Crippen LogP contribution in [-0.4, -0.2) is 67.4 Å². The van der Waals surface area contributed by atoms with E-state index in [1.54, 1.807) is 15.2 Å². The number of nitrogens with one attached hydrogen (secondary N) is 3. The van der Waals surface area contributed by atoms with Crippen LogP contribution in [0, 0.1) is 0 Å². The maximum atomic E-state index is 11.2. The molecule has 0 aliphatic heterocycles. The molecule has 8 heteroatoms. The SMILES string of the molecule is CCNC(=O)CNC(=O)CNC(=O)C[S][Tl]. The zero-order valence-electron chi connectivity index (χ0n) is 9.04. The normalized spacial score (nSPS) is 9.25. The van der Waals surface area contributed by atoms with Gasteiger partial charge in [0, 0.05) is 0 Å². The van der Waals surface area contributed by atoms with Crippen LogP contribution < -0.4 is 16.0 Å². The van der Waals surface area contributed by atoms with Gasteiger partial charge in [-0.2, -0.15) is 0 Å². The fraction of sp³-hybridized carbons (Fsp3) is 0.625. The fourth-order valence-corrected chi connectivity index (χ4v) is 2.83. The van der Waals surface area contributed by atoms with E-state index < -0.39 is 0 Å². The number of hydrogen-bond donors (Lipinski definition) is 3. The Kier molecular flexibility index (Phi) is 9.68. The molecule has 3 amide bonds. The third-order valence-electron chi connectivity index (χ3n) is 1.48. The predicted molar refractivity (Wildman–Crippen MR) is 62.9 cm³/mol. The summed E-state index contributed by atoms with van der Waals surface area (Å²) in [5.41, 5.74) is 0. The van der Waals surface area contributed by atoms with Crippen LogP contribution in [0.1, 0.15) is 6.92 Å². The summed E-state index contributed by atoms with van der Waals surface area (Å²) in [6.07, 6.45) is 0. The molecule has 3 N–H and O–H groups in total. The summed E-state index contributed by atoms with van der Waals surface area (Å²) in [6.45, 7) is 2.19. The number of carbonyl (C=O) groups excluding carboxylic acids is 3. The van der Waals surface area contributed by atoms with Crippen LogP contribution >= 0.6 is 8.31 Å². The Labute approximate surface area is 113 Å². The van der Waals surface area contributed by atoms with Gasteiger partial charge in [0.15, 0.2) is 0 Å². The molecule has 0 saturated heterocycles. The second-order valence-corrected chi connectivity index (χ2v) is 7.33. The molecule has 88 valence electrons. The number of carbonyl (C=O) groups is 3. The van der Waals surface area contributed by atoms with E-state index in [0.717, 1.165) is 0 Å². The van der Waals surface area contributed by atoms with E-state index in [1.165, 1.54) is 0 Å². The molecule has 0 spiro atoms. The van der Waals surface area contributed by atoms with Gasteiger partial charge in [-0.3, -0.25) is 0 Å². The second-order valence-electron chi connectivity index (χ2n) is 2.82. The summed E-state index contributed by atoms with van der Waals surface area (Å²) < 4.78 is 0. The topological polar surface area (TPSA) is 87.3 Å². The average Bonchev–Trinajstić information content (AvgIpc) is 2.24. The third kappa shape index (κ3) is 8.95. The summed E-state index contributed by atoms with van der Waals surface area (Å²) in [5.74, 6) is -0.353. The summed E-state index contributed by atoms with van der Waals surface area (Å²) in [7, 11) is 1.55. The van der Waals surface area contributed by atoms with Crippen LogP contribution in [0.25, 0.3) is 0 Å². The van der Waals surface area contributed by atoms with E-state index in [2.05, 4.69) is 16.0 Å². The van der Waals surface area contributed by atoms with Gasteiger partial charge in [-0.05, 0) is 0 Å². The summed E-state index contributed by atoms with van der Waals surface area (Å²) in [6, 6.07) is 0. The van der Waals surface area contributed by atoms with Crippen LogP contribution in [0.15, 0.2) is 0 Å². The first-order valence-electron chi connectivity index (χ1n) is 4.72. The maximum absolute atomic E-state index is 11.2. The number of likely N-dealkylation sites (N-methyl/N-ethyl adjacent to an activating group) is 1. The van der Waals surface area contributed by atoms with Gasteiger partial charge < -0.3 is 0 Å². The number of hydrogen-bond acceptors (Lipinski definition) is 4. The molecule has 0 fully saturated rings. The summed E-state index contributed by atoms with van der Waals surface area (Å²) >= 11 is 0.710. The fourth-order valence-electron chi connectivity index (χ4n) is 0.807. The molecule has 0 aromatic rings. The van der Waals surface area contributed by atoms with Gasteiger partial charge in [0.05, 0.1) is 0 Å². The van der Waals surface area contributed by atoms with Crippen molar-refractivity contribution in [2.24, 2.45) is 0 Å². The van der Waals surface area contributed by atoms with Crippen molar-refractivity contribution >= 4 is 50.3 Å². The van der Waals surface area contributed by atoms with Crippen molar-refractivity contribution in [3.8, 4) is 0 Å². The van der Waals surface area contributed by atoms with E-state index in [-0.39, 0.29) is 30.8 Å². The molecule has 0 unspecified atom stereocenters. The molecule has 0 rings (SSSR count). The van der Waals surface area contributed by atoms with E-state index in [0.29, 0.717) is 36.6 Å². The Morgan fingerprint density at radius 3 is 2.00 bits per heavy atom. The van der Waals surface area contributed by atoms with Gasteiger partial charge in [-0.25, -0.2) is 0 Å². The van der Waals surface area contributed by atoms with Gasteiger partial charge in [0.25, 0.3) is 0 Å². The van der Waals surface area contributed by atoms with Crippen molar-refractivity contribution in [1.82, 2.24) is 16.0 Å². The standard InChI is InChI=1S/C8H15N3O3S.Tl/c1-2-9-6(12)3-10-7(13)4-11-8(14)5-15;/h15H,2-5H2,1H3,(H,9,12)(H,10,13)(H,11,14);/q;+1/p-1. The molecule has 0 saturated carbocycles. The molecular formula is C8H14N3O3STl. The molecule has 0 heterocycles. The van der Waals surface area contributed by atoms with Gasteiger partial charge in [0.1, 0.15) is 0 Å². The second kappa shape index (κ2) is 9.88. The molecule has 0 atom stereocenters. The van der Waals surface area contributed by atoms with Gasteiger partial charge >= 0.3 is 113 Å². The van der Waals surface area contributed by atoms with Crippen LogP contribution in [0.4, 0.5) is 0 Å². The molecule has 6 nitrogen and oxygen atoms in total. The Hall–Kier alpha value is -0.318. The number of rotatable bonds is 7. The van der Waals surface area contributed by atoms with Crippen molar-refractivity contribution in [3.63, 3.8) is 0 Å². The van der Waals surface area contributed by atoms with E-state index in [1.807, 2.05) is 0 Å². The van der Waals surface area contributed by atoms with Crippen LogP contribution in [0.5, 0.6) is 0 Å². The van der Waals surface area contributed by atoms with Crippen molar-refractivity contribution in [1.29, 1.82) is 0 Å². The molecule has 0 bridgehead atoms. The average molecular weight is 437 g/mol. The van der Waals surface area contributed by atoms with Crippen LogP contribution in [0.3, 0.4) is 0 Å². The molecule has 0 radical (unpaired) electrons. The van der Waals surface area contributed by atoms with E-state index in [4.69, 9.17) is 0 Å². The van der Waals surface area contributed by atoms with E-state index >= 15 is 0 Å². The van der Waals surface area contributed by atoms with Crippen LogP contribution in [-0.2, 0) is 14.4 Å². The first-order valence-corrected chi connectivity index (χ1v) is 11.3. The molecule has 0 aliphatic rings. The van der Waals surface area contributed by atoms with E-state index in [9.17, 15) is 14.4 Å². The number of amides is 3. The van der Waals surface area contributed by atoms with Gasteiger partial charge in [-0.1, -0.05) is 0 Å². The minimum absolute atomic E-state index is 0.0562. The molecule has 16 heavy (non-hydrogen) atoms. The van der Waals surface area contributed by atoms with Crippen LogP contribution in [0.2, 0.25) is 0 Å². The van der Waals surface area contributed by atoms with Gasteiger partial charge in [-0.15, -0.1) is 0 Å². The predicted octanol–water partition coefficient (Wildman–Crippen LogP) is -1.83. The Bertz CT molecular complexity index is 239.